The minimum atomic E-state index is -2.26. The largest absolute Gasteiger partial charge is 0.387 e. The van der Waals surface area contributed by atoms with Crippen molar-refractivity contribution < 1.29 is 13.9 Å². The Morgan fingerprint density at radius 1 is 1.00 bits per heavy atom. The molecule has 1 aromatic carbocycles. The van der Waals surface area contributed by atoms with E-state index in [4.69, 9.17) is 0 Å². The van der Waals surface area contributed by atoms with Gasteiger partial charge >= 0.3 is 0 Å². The third-order valence-electron chi connectivity index (χ3n) is 3.75. The van der Waals surface area contributed by atoms with Crippen molar-refractivity contribution in [3.8, 4) is 0 Å². The maximum absolute atomic E-state index is 12.3. The molecule has 1 fully saturated rings. The van der Waals surface area contributed by atoms with Gasteiger partial charge in [0.05, 0.1) is 12.6 Å². The van der Waals surface area contributed by atoms with Gasteiger partial charge in [0.25, 0.3) is 6.43 Å². The second kappa shape index (κ2) is 7.11. The number of piperazine rings is 1. The van der Waals surface area contributed by atoms with E-state index in [9.17, 15) is 13.9 Å². The van der Waals surface area contributed by atoms with Crippen LogP contribution in [0.2, 0.25) is 0 Å². The predicted octanol–water partition coefficient (Wildman–Crippen LogP) is 1.91. The first kappa shape index (κ1) is 15.4. The standard InChI is InChI=1S/C15H22F2N2O/c1-12-2-4-13(5-3-12)14(20)10-18-6-8-19(9-7-18)11-15(16)17/h2-5,14-15,20H,6-11H2,1H3. The summed E-state index contributed by atoms with van der Waals surface area (Å²) in [5.74, 6) is 0. The second-order valence-electron chi connectivity index (χ2n) is 5.42. The number of halogens is 2. The summed E-state index contributed by atoms with van der Waals surface area (Å²) < 4.78 is 24.6. The van der Waals surface area contributed by atoms with Gasteiger partial charge in [0, 0.05) is 32.7 Å². The van der Waals surface area contributed by atoms with Crippen LogP contribution in [-0.4, -0.2) is 60.6 Å². The van der Waals surface area contributed by atoms with Crippen molar-refractivity contribution >= 4 is 0 Å². The van der Waals surface area contributed by atoms with Gasteiger partial charge in [-0.1, -0.05) is 29.8 Å². The molecule has 1 aromatic rings. The number of β-amino-alcohol motifs (C(OH)–C–C–N with tert-alkyl or cyclic N) is 1. The maximum atomic E-state index is 12.3. The van der Waals surface area contributed by atoms with Crippen LogP contribution in [0.3, 0.4) is 0 Å². The number of aliphatic hydroxyl groups is 1. The van der Waals surface area contributed by atoms with E-state index in [1.807, 2.05) is 31.2 Å². The van der Waals surface area contributed by atoms with Crippen LogP contribution in [0.15, 0.2) is 24.3 Å². The summed E-state index contributed by atoms with van der Waals surface area (Å²) in [7, 11) is 0. The molecule has 20 heavy (non-hydrogen) atoms. The normalized spacial score (nSPS) is 19.4. The molecule has 1 aliphatic rings. The highest BCUT2D eigenvalue weighted by atomic mass is 19.3. The quantitative estimate of drug-likeness (QED) is 0.895. The van der Waals surface area contributed by atoms with Crippen molar-refractivity contribution in [3.05, 3.63) is 35.4 Å². The van der Waals surface area contributed by atoms with E-state index in [2.05, 4.69) is 4.90 Å². The molecule has 1 saturated heterocycles. The van der Waals surface area contributed by atoms with E-state index in [1.165, 1.54) is 5.56 Å². The molecule has 3 nitrogen and oxygen atoms in total. The molecule has 0 bridgehead atoms. The summed E-state index contributed by atoms with van der Waals surface area (Å²) in [6.45, 7) is 5.18. The van der Waals surface area contributed by atoms with Crippen LogP contribution in [0.25, 0.3) is 0 Å². The number of rotatable bonds is 5. The first-order valence-electron chi connectivity index (χ1n) is 7.02. The Morgan fingerprint density at radius 3 is 2.00 bits per heavy atom. The molecule has 0 radical (unpaired) electrons. The summed E-state index contributed by atoms with van der Waals surface area (Å²) in [5, 5.41) is 10.2. The molecule has 0 aliphatic carbocycles. The van der Waals surface area contributed by atoms with Gasteiger partial charge in [-0.25, -0.2) is 8.78 Å². The Hall–Kier alpha value is -1.04. The zero-order valence-electron chi connectivity index (χ0n) is 11.8. The lowest BCUT2D eigenvalue weighted by Gasteiger charge is -2.35. The molecule has 2 rings (SSSR count). The SMILES string of the molecule is Cc1ccc(C(O)CN2CCN(CC(F)F)CC2)cc1. The number of benzene rings is 1. The predicted molar refractivity (Wildman–Crippen MR) is 75.0 cm³/mol. The molecule has 1 atom stereocenters. The lowest BCUT2D eigenvalue weighted by Crippen LogP contribution is -2.48. The van der Waals surface area contributed by atoms with E-state index < -0.39 is 12.5 Å². The second-order valence-corrected chi connectivity index (χ2v) is 5.42. The van der Waals surface area contributed by atoms with Crippen LogP contribution in [0.5, 0.6) is 0 Å². The molecule has 0 saturated carbocycles. The topological polar surface area (TPSA) is 26.7 Å². The van der Waals surface area contributed by atoms with Crippen LogP contribution in [0.1, 0.15) is 17.2 Å². The maximum Gasteiger partial charge on any atom is 0.251 e. The highest BCUT2D eigenvalue weighted by molar-refractivity contribution is 5.23. The fourth-order valence-corrected chi connectivity index (χ4v) is 2.49. The Kier molecular flexibility index (Phi) is 5.46. The average molecular weight is 284 g/mol. The van der Waals surface area contributed by atoms with Crippen LogP contribution >= 0.6 is 0 Å². The Bertz CT molecular complexity index is 403. The number of aryl methyl sites for hydroxylation is 1. The Balaban J connectivity index is 1.79. The van der Waals surface area contributed by atoms with Gasteiger partial charge in [0.1, 0.15) is 0 Å². The van der Waals surface area contributed by atoms with Gasteiger partial charge in [0.15, 0.2) is 0 Å². The van der Waals surface area contributed by atoms with Gasteiger partial charge in [-0.05, 0) is 12.5 Å². The molecule has 0 aromatic heterocycles. The van der Waals surface area contributed by atoms with Gasteiger partial charge in [-0.2, -0.15) is 0 Å². The van der Waals surface area contributed by atoms with Crippen LogP contribution in [0, 0.1) is 6.92 Å². The van der Waals surface area contributed by atoms with Gasteiger partial charge in [0.2, 0.25) is 0 Å². The number of aliphatic hydroxyl groups excluding tert-OH is 1. The first-order chi connectivity index (χ1) is 9.54. The highest BCUT2D eigenvalue weighted by Crippen LogP contribution is 2.16. The molecule has 1 unspecified atom stereocenters. The van der Waals surface area contributed by atoms with Crippen molar-refractivity contribution in [3.63, 3.8) is 0 Å². The molecule has 1 aliphatic heterocycles. The van der Waals surface area contributed by atoms with Gasteiger partial charge in [-0.15, -0.1) is 0 Å². The van der Waals surface area contributed by atoms with Crippen LogP contribution in [0.4, 0.5) is 8.78 Å². The highest BCUT2D eigenvalue weighted by Gasteiger charge is 2.21. The van der Waals surface area contributed by atoms with Crippen molar-refractivity contribution in [1.29, 1.82) is 0 Å². The van der Waals surface area contributed by atoms with Crippen LogP contribution in [-0.2, 0) is 0 Å². The van der Waals surface area contributed by atoms with E-state index in [1.54, 1.807) is 4.90 Å². The minimum Gasteiger partial charge on any atom is -0.387 e. The number of nitrogens with zero attached hydrogens (tertiary/aromatic N) is 2. The lowest BCUT2D eigenvalue weighted by molar-refractivity contribution is 0.0385. The average Bonchev–Trinajstić information content (AvgIpc) is 2.41. The molecule has 5 heteroatoms. The molecule has 1 heterocycles. The lowest BCUT2D eigenvalue weighted by atomic mass is 10.1. The summed E-state index contributed by atoms with van der Waals surface area (Å²) in [6, 6.07) is 7.85. The van der Waals surface area contributed by atoms with E-state index in [0.717, 1.165) is 18.7 Å². The van der Waals surface area contributed by atoms with E-state index >= 15 is 0 Å². The summed E-state index contributed by atoms with van der Waals surface area (Å²) in [4.78, 5) is 3.91. The molecule has 0 amide bonds. The van der Waals surface area contributed by atoms with Crippen LogP contribution < -0.4 is 0 Å². The number of alkyl halides is 2. The molecule has 1 N–H and O–H groups in total. The zero-order valence-corrected chi connectivity index (χ0v) is 11.8. The minimum absolute atomic E-state index is 0.144. The fraction of sp³-hybridized carbons (Fsp3) is 0.600. The van der Waals surface area contributed by atoms with E-state index in [0.29, 0.717) is 19.6 Å². The fourth-order valence-electron chi connectivity index (χ4n) is 2.49. The van der Waals surface area contributed by atoms with Gasteiger partial charge in [-0.3, -0.25) is 9.80 Å². The molecule has 0 spiro atoms. The molecule has 112 valence electrons. The summed E-state index contributed by atoms with van der Waals surface area (Å²) >= 11 is 0. The van der Waals surface area contributed by atoms with Crippen molar-refractivity contribution in [2.24, 2.45) is 0 Å². The summed E-state index contributed by atoms with van der Waals surface area (Å²) in [5.41, 5.74) is 2.08. The van der Waals surface area contributed by atoms with Crippen molar-refractivity contribution in [2.45, 2.75) is 19.5 Å². The Morgan fingerprint density at radius 2 is 1.50 bits per heavy atom. The smallest absolute Gasteiger partial charge is 0.251 e. The molecular formula is C15H22F2N2O. The van der Waals surface area contributed by atoms with Gasteiger partial charge < -0.3 is 5.11 Å². The van der Waals surface area contributed by atoms with E-state index in [-0.39, 0.29) is 6.54 Å². The third-order valence-corrected chi connectivity index (χ3v) is 3.75. The zero-order chi connectivity index (χ0) is 14.5. The summed E-state index contributed by atoms with van der Waals surface area (Å²) in [6.07, 6.45) is -2.78. The number of hydrogen-bond donors (Lipinski definition) is 1. The van der Waals surface area contributed by atoms with Crippen molar-refractivity contribution in [1.82, 2.24) is 9.80 Å². The molecular weight excluding hydrogens is 262 g/mol. The Labute approximate surface area is 118 Å². The number of hydrogen-bond acceptors (Lipinski definition) is 3. The monoisotopic (exact) mass is 284 g/mol. The van der Waals surface area contributed by atoms with Crippen molar-refractivity contribution in [2.75, 3.05) is 39.3 Å². The third kappa shape index (κ3) is 4.51. The first-order valence-corrected chi connectivity index (χ1v) is 7.02.